The molecule has 2 aromatic heterocycles. The molecule has 0 fully saturated rings. The van der Waals surface area contributed by atoms with Crippen molar-refractivity contribution in [1.29, 1.82) is 0 Å². The van der Waals surface area contributed by atoms with Crippen LogP contribution in [0.25, 0.3) is 0 Å². The molecule has 3 rings (SSSR count). The van der Waals surface area contributed by atoms with E-state index in [4.69, 9.17) is 0 Å². The Labute approximate surface area is 110 Å². The van der Waals surface area contributed by atoms with Gasteiger partial charge in [0.05, 0.1) is 11.9 Å². The highest BCUT2D eigenvalue weighted by atomic mass is 32.1. The smallest absolute Gasteiger partial charge is 0.131 e. The zero-order chi connectivity index (χ0) is 12.5. The quantitative estimate of drug-likeness (QED) is 0.921. The van der Waals surface area contributed by atoms with Crippen LogP contribution in [0.3, 0.4) is 0 Å². The molecule has 96 valence electrons. The van der Waals surface area contributed by atoms with Crippen molar-refractivity contribution < 1.29 is 5.11 Å². The van der Waals surface area contributed by atoms with Gasteiger partial charge < -0.3 is 5.11 Å². The van der Waals surface area contributed by atoms with E-state index in [2.05, 4.69) is 23.3 Å². The molecular formula is C13H17N3OS. The third-order valence-electron chi connectivity index (χ3n) is 3.40. The molecule has 5 heteroatoms. The third-order valence-corrected chi connectivity index (χ3v) is 4.69. The van der Waals surface area contributed by atoms with Crippen LogP contribution >= 0.6 is 11.3 Å². The highest BCUT2D eigenvalue weighted by Gasteiger charge is 2.22. The maximum atomic E-state index is 10.5. The van der Waals surface area contributed by atoms with E-state index in [-0.39, 0.29) is 0 Å². The van der Waals surface area contributed by atoms with E-state index in [0.29, 0.717) is 0 Å². The normalized spacial score (nSPS) is 15.9. The van der Waals surface area contributed by atoms with Crippen molar-refractivity contribution in [2.45, 2.75) is 45.3 Å². The van der Waals surface area contributed by atoms with Crippen LogP contribution < -0.4 is 0 Å². The lowest BCUT2D eigenvalue weighted by Crippen LogP contribution is -2.09. The monoisotopic (exact) mass is 263 g/mol. The summed E-state index contributed by atoms with van der Waals surface area (Å²) in [6.45, 7) is 2.90. The number of hydrogen-bond donors (Lipinski definition) is 1. The average molecular weight is 263 g/mol. The fourth-order valence-corrected chi connectivity index (χ4v) is 3.75. The number of rotatable bonds is 4. The average Bonchev–Trinajstić information content (AvgIpc) is 3.02. The Morgan fingerprint density at radius 2 is 2.39 bits per heavy atom. The number of aromatic nitrogens is 3. The molecule has 1 aliphatic rings. The van der Waals surface area contributed by atoms with Gasteiger partial charge >= 0.3 is 0 Å². The second-order valence-electron chi connectivity index (χ2n) is 4.74. The topological polar surface area (TPSA) is 50.9 Å². The first-order valence-corrected chi connectivity index (χ1v) is 7.29. The molecule has 1 aliphatic carbocycles. The predicted octanol–water partition coefficient (Wildman–Crippen LogP) is 2.32. The van der Waals surface area contributed by atoms with E-state index >= 15 is 0 Å². The maximum absolute atomic E-state index is 10.5. The lowest BCUT2D eigenvalue weighted by Gasteiger charge is -2.10. The Hall–Kier alpha value is -1.20. The summed E-state index contributed by atoms with van der Waals surface area (Å²) in [5, 5.41) is 18.4. The zero-order valence-electron chi connectivity index (χ0n) is 10.5. The van der Waals surface area contributed by atoms with E-state index in [1.807, 2.05) is 0 Å². The van der Waals surface area contributed by atoms with Crippen molar-refractivity contribution in [2.24, 2.45) is 0 Å². The molecule has 1 unspecified atom stereocenters. The molecule has 0 aliphatic heterocycles. The summed E-state index contributed by atoms with van der Waals surface area (Å²) in [5.74, 6) is 0. The van der Waals surface area contributed by atoms with Gasteiger partial charge in [-0.25, -0.2) is 4.68 Å². The SMILES string of the molecule is CCCn1nncc1C(O)c1cc2c(s1)CCC2. The lowest BCUT2D eigenvalue weighted by atomic mass is 10.2. The van der Waals surface area contributed by atoms with Crippen LogP contribution in [0.2, 0.25) is 0 Å². The van der Waals surface area contributed by atoms with Gasteiger partial charge in [-0.15, -0.1) is 16.4 Å². The van der Waals surface area contributed by atoms with Gasteiger partial charge in [0.2, 0.25) is 0 Å². The van der Waals surface area contributed by atoms with Crippen LogP contribution in [0.1, 0.15) is 46.9 Å². The molecule has 18 heavy (non-hydrogen) atoms. The summed E-state index contributed by atoms with van der Waals surface area (Å²) in [7, 11) is 0. The molecule has 0 radical (unpaired) electrons. The summed E-state index contributed by atoms with van der Waals surface area (Å²) in [5.41, 5.74) is 2.22. The summed E-state index contributed by atoms with van der Waals surface area (Å²) in [4.78, 5) is 2.47. The second-order valence-corrected chi connectivity index (χ2v) is 5.90. The molecule has 2 aromatic rings. The Balaban J connectivity index is 1.88. The lowest BCUT2D eigenvalue weighted by molar-refractivity contribution is 0.211. The van der Waals surface area contributed by atoms with Gasteiger partial charge in [0.1, 0.15) is 6.10 Å². The molecule has 0 amide bonds. The highest BCUT2D eigenvalue weighted by Crippen LogP contribution is 2.35. The van der Waals surface area contributed by atoms with Gasteiger partial charge in [-0.1, -0.05) is 12.1 Å². The standard InChI is InChI=1S/C13H17N3OS/c1-2-6-16-10(8-14-15-16)13(17)12-7-9-4-3-5-11(9)18-12/h7-8,13,17H,2-6H2,1H3. The van der Waals surface area contributed by atoms with E-state index < -0.39 is 6.10 Å². The first-order chi connectivity index (χ1) is 8.79. The van der Waals surface area contributed by atoms with Crippen LogP contribution in [0.4, 0.5) is 0 Å². The largest absolute Gasteiger partial charge is 0.381 e. The van der Waals surface area contributed by atoms with Crippen LogP contribution in [-0.4, -0.2) is 20.1 Å². The summed E-state index contributed by atoms with van der Waals surface area (Å²) in [6, 6.07) is 2.15. The molecule has 0 saturated carbocycles. The van der Waals surface area contributed by atoms with Gasteiger partial charge in [0, 0.05) is 16.3 Å². The maximum Gasteiger partial charge on any atom is 0.131 e. The van der Waals surface area contributed by atoms with Gasteiger partial charge in [-0.3, -0.25) is 0 Å². The van der Waals surface area contributed by atoms with Crippen molar-refractivity contribution in [3.8, 4) is 0 Å². The number of nitrogens with zero attached hydrogens (tertiary/aromatic N) is 3. The summed E-state index contributed by atoms with van der Waals surface area (Å²) < 4.78 is 1.80. The minimum Gasteiger partial charge on any atom is -0.381 e. The predicted molar refractivity (Wildman–Crippen MR) is 70.7 cm³/mol. The molecular weight excluding hydrogens is 246 g/mol. The van der Waals surface area contributed by atoms with Crippen LogP contribution in [0.5, 0.6) is 0 Å². The molecule has 0 aromatic carbocycles. The molecule has 4 nitrogen and oxygen atoms in total. The summed E-state index contributed by atoms with van der Waals surface area (Å²) in [6.07, 6.45) is 5.66. The first-order valence-electron chi connectivity index (χ1n) is 6.47. The molecule has 0 bridgehead atoms. The Kier molecular flexibility index (Phi) is 3.18. The van der Waals surface area contributed by atoms with Crippen LogP contribution in [0, 0.1) is 0 Å². The van der Waals surface area contributed by atoms with Crippen molar-refractivity contribution in [3.63, 3.8) is 0 Å². The van der Waals surface area contributed by atoms with Crippen molar-refractivity contribution >= 4 is 11.3 Å². The number of fused-ring (bicyclic) bond motifs is 1. The van der Waals surface area contributed by atoms with E-state index in [0.717, 1.165) is 30.0 Å². The van der Waals surface area contributed by atoms with E-state index in [1.54, 1.807) is 22.2 Å². The first kappa shape index (κ1) is 11.9. The Morgan fingerprint density at radius 1 is 1.50 bits per heavy atom. The van der Waals surface area contributed by atoms with E-state index in [9.17, 15) is 5.11 Å². The number of aryl methyl sites for hydroxylation is 3. The highest BCUT2D eigenvalue weighted by molar-refractivity contribution is 7.12. The second kappa shape index (κ2) is 4.82. The summed E-state index contributed by atoms with van der Waals surface area (Å²) >= 11 is 1.74. The fourth-order valence-electron chi connectivity index (χ4n) is 2.50. The Bertz CT molecular complexity index is 525. The molecule has 0 saturated heterocycles. The fraction of sp³-hybridized carbons (Fsp3) is 0.538. The van der Waals surface area contributed by atoms with Gasteiger partial charge in [-0.05, 0) is 37.3 Å². The minimum absolute atomic E-state index is 0.581. The van der Waals surface area contributed by atoms with Crippen LogP contribution in [-0.2, 0) is 19.4 Å². The molecule has 2 heterocycles. The van der Waals surface area contributed by atoms with Crippen LogP contribution in [0.15, 0.2) is 12.3 Å². The van der Waals surface area contributed by atoms with Crippen molar-refractivity contribution in [3.05, 3.63) is 33.3 Å². The molecule has 1 atom stereocenters. The minimum atomic E-state index is -0.581. The van der Waals surface area contributed by atoms with Crippen molar-refractivity contribution in [2.75, 3.05) is 0 Å². The van der Waals surface area contributed by atoms with E-state index in [1.165, 1.54) is 23.3 Å². The number of aliphatic hydroxyl groups excluding tert-OH is 1. The number of thiophene rings is 1. The number of hydrogen-bond acceptors (Lipinski definition) is 4. The molecule has 0 spiro atoms. The van der Waals surface area contributed by atoms with Gasteiger partial charge in [0.15, 0.2) is 0 Å². The van der Waals surface area contributed by atoms with Gasteiger partial charge in [-0.2, -0.15) is 0 Å². The van der Waals surface area contributed by atoms with Gasteiger partial charge in [0.25, 0.3) is 0 Å². The third kappa shape index (κ3) is 1.97. The van der Waals surface area contributed by atoms with Crippen molar-refractivity contribution in [1.82, 2.24) is 15.0 Å². The molecule has 1 N–H and O–H groups in total. The zero-order valence-corrected chi connectivity index (χ0v) is 11.3. The number of aliphatic hydroxyl groups is 1. The Morgan fingerprint density at radius 3 is 3.17 bits per heavy atom.